The van der Waals surface area contributed by atoms with Crippen molar-refractivity contribution in [3.8, 4) is 23.0 Å². The number of hydrogen-bond donors (Lipinski definition) is 0. The maximum atomic E-state index is 13.9. The average Bonchev–Trinajstić information content (AvgIpc) is 3.93. The van der Waals surface area contributed by atoms with Crippen LogP contribution in [0.2, 0.25) is 0 Å². The fourth-order valence-corrected chi connectivity index (χ4v) is 11.7. The Balaban J connectivity index is 0.917. The number of carbonyl (C=O) groups excluding carboxylic acids is 5. The first-order valence-electron chi connectivity index (χ1n) is 22.4. The first-order valence-corrected chi connectivity index (χ1v) is 24.4. The molecule has 3 aromatic rings. The van der Waals surface area contributed by atoms with Crippen molar-refractivity contribution in [2.45, 2.75) is 123 Å². The van der Waals surface area contributed by atoms with Crippen LogP contribution in [0.1, 0.15) is 131 Å². The number of thioether (sulfide) groups is 2. The van der Waals surface area contributed by atoms with Gasteiger partial charge in [-0.15, -0.1) is 23.5 Å². The molecule has 3 aromatic carbocycles. The molecular formula is C50H58O9S2. The lowest BCUT2D eigenvalue weighted by Gasteiger charge is -2.26. The third-order valence-corrected chi connectivity index (χ3v) is 15.4. The Labute approximate surface area is 368 Å². The van der Waals surface area contributed by atoms with Gasteiger partial charge in [0.05, 0.1) is 17.4 Å². The minimum Gasteiger partial charge on any atom is -0.426 e. The zero-order valence-electron chi connectivity index (χ0n) is 35.5. The average molecular weight is 867 g/mol. The second kappa shape index (κ2) is 21.6. The number of ether oxygens (including phenoxy) is 4. The van der Waals surface area contributed by atoms with Crippen molar-refractivity contribution in [1.29, 1.82) is 0 Å². The molecule has 0 amide bonds. The SMILES string of the molecule is CCCC1CCC(C(=O)Oc2ccc(CCC(=O)Oc3ccc(OC(=O)CCc4ccc(OC(=O)C5CCC(CCC)CC5)cc4)c4c3CC(=C3SCCS3)C4=O)cc2)CC1. The number of fused-ring (bicyclic) bond motifs is 1. The number of carbonyl (C=O) groups is 5. The lowest BCUT2D eigenvalue weighted by Crippen LogP contribution is -2.25. The van der Waals surface area contributed by atoms with Crippen molar-refractivity contribution in [2.24, 2.45) is 23.7 Å². The number of aryl methyl sites for hydroxylation is 2. The summed E-state index contributed by atoms with van der Waals surface area (Å²) in [4.78, 5) is 65.9. The number of rotatable bonds is 16. The van der Waals surface area contributed by atoms with Gasteiger partial charge in [-0.25, -0.2) is 0 Å². The van der Waals surface area contributed by atoms with Gasteiger partial charge >= 0.3 is 23.9 Å². The molecule has 9 nitrogen and oxygen atoms in total. The van der Waals surface area contributed by atoms with Gasteiger partial charge in [0.15, 0.2) is 5.78 Å². The van der Waals surface area contributed by atoms with Crippen LogP contribution >= 0.6 is 23.5 Å². The van der Waals surface area contributed by atoms with Crippen molar-refractivity contribution in [2.75, 3.05) is 11.5 Å². The maximum Gasteiger partial charge on any atom is 0.314 e. The molecule has 324 valence electrons. The van der Waals surface area contributed by atoms with Gasteiger partial charge in [0.25, 0.3) is 0 Å². The maximum absolute atomic E-state index is 13.9. The van der Waals surface area contributed by atoms with E-state index in [-0.39, 0.29) is 65.9 Å². The van der Waals surface area contributed by atoms with E-state index in [1.54, 1.807) is 53.9 Å². The van der Waals surface area contributed by atoms with Crippen molar-refractivity contribution in [3.05, 3.63) is 92.7 Å². The molecule has 3 fully saturated rings. The van der Waals surface area contributed by atoms with Crippen molar-refractivity contribution < 1.29 is 42.9 Å². The third-order valence-electron chi connectivity index (χ3n) is 12.6. The Hall–Kier alpha value is -4.35. The Morgan fingerprint density at radius 3 is 1.48 bits per heavy atom. The minimum absolute atomic E-state index is 0.0528. The van der Waals surface area contributed by atoms with E-state index in [2.05, 4.69) is 13.8 Å². The summed E-state index contributed by atoms with van der Waals surface area (Å²) < 4.78 is 24.1. The zero-order valence-corrected chi connectivity index (χ0v) is 37.1. The molecule has 0 radical (unpaired) electrons. The van der Waals surface area contributed by atoms with Crippen molar-refractivity contribution >= 4 is 53.2 Å². The van der Waals surface area contributed by atoms with Crippen LogP contribution in [0, 0.1) is 23.7 Å². The molecule has 61 heavy (non-hydrogen) atoms. The van der Waals surface area contributed by atoms with E-state index in [4.69, 9.17) is 18.9 Å². The summed E-state index contributed by atoms with van der Waals surface area (Å²) in [6.07, 6.45) is 13.9. The Morgan fingerprint density at radius 1 is 0.574 bits per heavy atom. The van der Waals surface area contributed by atoms with Crippen LogP contribution in [0.5, 0.6) is 23.0 Å². The summed E-state index contributed by atoms with van der Waals surface area (Å²) >= 11 is 3.28. The molecule has 0 aromatic heterocycles. The van der Waals surface area contributed by atoms with E-state index >= 15 is 0 Å². The number of esters is 4. The van der Waals surface area contributed by atoms with Gasteiger partial charge in [-0.3, -0.25) is 24.0 Å². The fraction of sp³-hybridized carbons (Fsp3) is 0.500. The minimum atomic E-state index is -0.491. The van der Waals surface area contributed by atoms with Gasteiger partial charge in [-0.1, -0.05) is 63.8 Å². The molecule has 4 aliphatic rings. The molecule has 11 heteroatoms. The van der Waals surface area contributed by atoms with E-state index < -0.39 is 11.9 Å². The highest BCUT2D eigenvalue weighted by atomic mass is 32.2. The largest absolute Gasteiger partial charge is 0.426 e. The number of hydrogen-bond acceptors (Lipinski definition) is 11. The van der Waals surface area contributed by atoms with Crippen LogP contribution in [-0.4, -0.2) is 41.2 Å². The van der Waals surface area contributed by atoms with Gasteiger partial charge in [0, 0.05) is 46.1 Å². The molecule has 1 aliphatic heterocycles. The van der Waals surface area contributed by atoms with Crippen LogP contribution in [0.3, 0.4) is 0 Å². The van der Waals surface area contributed by atoms with Crippen LogP contribution in [0.25, 0.3) is 0 Å². The van der Waals surface area contributed by atoms with Gasteiger partial charge < -0.3 is 18.9 Å². The highest BCUT2D eigenvalue weighted by Crippen LogP contribution is 2.47. The molecule has 3 aliphatic carbocycles. The second-order valence-corrected chi connectivity index (χ2v) is 19.4. The summed E-state index contributed by atoms with van der Waals surface area (Å²) in [5.74, 6) is 3.08. The first kappa shape index (κ1) is 44.7. The monoisotopic (exact) mass is 866 g/mol. The molecular weight excluding hydrogens is 809 g/mol. The molecule has 0 atom stereocenters. The second-order valence-electron chi connectivity index (χ2n) is 17.0. The number of Topliss-reactive ketones (excluding diaryl/α,β-unsaturated/α-hetero) is 1. The number of benzene rings is 3. The Bertz CT molecular complexity index is 2070. The topological polar surface area (TPSA) is 122 Å². The smallest absolute Gasteiger partial charge is 0.314 e. The third kappa shape index (κ3) is 12.0. The van der Waals surface area contributed by atoms with Crippen molar-refractivity contribution in [3.63, 3.8) is 0 Å². The molecule has 1 heterocycles. The molecule has 1 saturated heterocycles. The molecule has 2 saturated carbocycles. The fourth-order valence-electron chi connectivity index (χ4n) is 9.15. The summed E-state index contributed by atoms with van der Waals surface area (Å²) in [5, 5.41) is 0. The predicted molar refractivity (Wildman–Crippen MR) is 239 cm³/mol. The highest BCUT2D eigenvalue weighted by Gasteiger charge is 2.36. The first-order chi connectivity index (χ1) is 29.7. The molecule has 0 bridgehead atoms. The van der Waals surface area contributed by atoms with Crippen molar-refractivity contribution in [1.82, 2.24) is 0 Å². The molecule has 0 N–H and O–H groups in total. The molecule has 7 rings (SSSR count). The van der Waals surface area contributed by atoms with Crippen LogP contribution in [0.15, 0.2) is 70.5 Å². The summed E-state index contributed by atoms with van der Waals surface area (Å²) in [6.45, 7) is 4.41. The van der Waals surface area contributed by atoms with Crippen LogP contribution in [-0.2, 0) is 38.4 Å². The van der Waals surface area contributed by atoms with Gasteiger partial charge in [0.2, 0.25) is 0 Å². The molecule has 0 spiro atoms. The summed E-state index contributed by atoms with van der Waals surface area (Å²) in [6, 6.07) is 17.6. The predicted octanol–water partition coefficient (Wildman–Crippen LogP) is 11.2. The number of allylic oxidation sites excluding steroid dienone is 1. The lowest BCUT2D eigenvalue weighted by molar-refractivity contribution is -0.141. The summed E-state index contributed by atoms with van der Waals surface area (Å²) in [7, 11) is 0. The van der Waals surface area contributed by atoms with E-state index in [0.717, 1.165) is 84.2 Å². The number of ketones is 1. The lowest BCUT2D eigenvalue weighted by atomic mass is 9.80. The summed E-state index contributed by atoms with van der Waals surface area (Å²) in [5.41, 5.74) is 3.23. The normalized spacial score (nSPS) is 21.2. The highest BCUT2D eigenvalue weighted by molar-refractivity contribution is 8.25. The Morgan fingerprint density at radius 2 is 1.02 bits per heavy atom. The van der Waals surface area contributed by atoms with E-state index in [9.17, 15) is 24.0 Å². The van der Waals surface area contributed by atoms with E-state index in [1.807, 2.05) is 24.3 Å². The zero-order chi connectivity index (χ0) is 42.7. The Kier molecular flexibility index (Phi) is 15.9. The quantitative estimate of drug-likeness (QED) is 0.0777. The molecule has 0 unspecified atom stereocenters. The van der Waals surface area contributed by atoms with Crippen LogP contribution in [0.4, 0.5) is 0 Å². The van der Waals surface area contributed by atoms with Crippen LogP contribution < -0.4 is 18.9 Å². The van der Waals surface area contributed by atoms with Gasteiger partial charge in [-0.05, 0) is 124 Å². The van der Waals surface area contributed by atoms with E-state index in [1.165, 1.54) is 31.7 Å². The van der Waals surface area contributed by atoms with Gasteiger partial charge in [-0.2, -0.15) is 0 Å². The van der Waals surface area contributed by atoms with E-state index in [0.29, 0.717) is 41.4 Å². The van der Waals surface area contributed by atoms with Gasteiger partial charge in [0.1, 0.15) is 23.0 Å². The standard InChI is InChI=1S/C50H58O9S2/c1-3-5-32-7-17-36(18-8-32)48(54)56-38-21-11-34(12-22-38)15-27-44(51)58-42-25-26-43(46-40(42)31-41(47(46)53)50-60-29-30-61-50)59-45(52)28-16-35-13-23-39(24-14-35)57-49(55)37-19-9-33(6-4-2)10-20-37/h11-14,21-26,32-33,36-37H,3-10,15-20,27-31H2,1-2H3.